The predicted molar refractivity (Wildman–Crippen MR) is 52.6 cm³/mol. The van der Waals surface area contributed by atoms with E-state index in [0.717, 1.165) is 15.4 Å². The van der Waals surface area contributed by atoms with Crippen molar-refractivity contribution in [3.05, 3.63) is 47.1 Å². The number of nitrogens with zero attached hydrogens (tertiary/aromatic N) is 1. The van der Waals surface area contributed by atoms with Gasteiger partial charge in [-0.1, -0.05) is 30.4 Å². The zero-order chi connectivity index (χ0) is 8.39. The molecule has 12 heavy (non-hydrogen) atoms. The van der Waals surface area contributed by atoms with Crippen LogP contribution in [0.15, 0.2) is 42.6 Å². The highest BCUT2D eigenvalue weighted by Crippen LogP contribution is 2.08. The fourth-order valence-corrected chi connectivity index (χ4v) is 1.31. The second-order valence-electron chi connectivity index (χ2n) is 2.55. The Morgan fingerprint density at radius 2 is 1.92 bits per heavy atom. The molecule has 0 aliphatic carbocycles. The van der Waals surface area contributed by atoms with E-state index in [1.54, 1.807) is 6.20 Å². The minimum Gasteiger partial charge on any atom is -0.256 e. The van der Waals surface area contributed by atoms with Gasteiger partial charge in [-0.25, -0.2) is 0 Å². The standard InChI is InChI=1S/C10H7NS/c12-9-5-6-11-10-4-2-1-3-8(10)7-9/h1-7H. The maximum absolute atomic E-state index is 5.07. The smallest absolute Gasteiger partial charge is 0.0702 e. The normalized spacial score (nSPS) is 10.0. The highest BCUT2D eigenvalue weighted by Gasteiger charge is 1.87. The Balaban J connectivity index is 2.98. The van der Waals surface area contributed by atoms with Crippen LogP contribution in [0, 0.1) is 4.51 Å². The van der Waals surface area contributed by atoms with Crippen LogP contribution in [0.1, 0.15) is 0 Å². The molecule has 1 nitrogen and oxygen atoms in total. The Hall–Kier alpha value is -1.28. The summed E-state index contributed by atoms with van der Waals surface area (Å²) >= 11 is 5.07. The van der Waals surface area contributed by atoms with Crippen LogP contribution in [0.25, 0.3) is 10.9 Å². The van der Waals surface area contributed by atoms with Crippen molar-refractivity contribution in [1.82, 2.24) is 4.98 Å². The van der Waals surface area contributed by atoms with Crippen LogP contribution in [-0.2, 0) is 0 Å². The summed E-state index contributed by atoms with van der Waals surface area (Å²) in [6.45, 7) is 0. The molecule has 2 rings (SSSR count). The molecule has 0 saturated carbocycles. The fourth-order valence-electron chi connectivity index (χ4n) is 1.12. The molecule has 2 aromatic rings. The molecular weight excluding hydrogens is 166 g/mol. The van der Waals surface area contributed by atoms with Gasteiger partial charge in [0.2, 0.25) is 0 Å². The van der Waals surface area contributed by atoms with E-state index in [1.807, 2.05) is 36.4 Å². The molecule has 0 bridgehead atoms. The monoisotopic (exact) mass is 173 g/mol. The van der Waals surface area contributed by atoms with Crippen molar-refractivity contribution in [2.75, 3.05) is 0 Å². The first-order valence-electron chi connectivity index (χ1n) is 3.71. The summed E-state index contributed by atoms with van der Waals surface area (Å²) in [4.78, 5) is 4.24. The van der Waals surface area contributed by atoms with Gasteiger partial charge in [-0.15, -0.1) is 0 Å². The molecule has 0 saturated heterocycles. The average molecular weight is 173 g/mol. The van der Waals surface area contributed by atoms with Crippen LogP contribution in [0.2, 0.25) is 0 Å². The van der Waals surface area contributed by atoms with Crippen molar-refractivity contribution >= 4 is 23.1 Å². The Kier molecular flexibility index (Phi) is 1.84. The van der Waals surface area contributed by atoms with Gasteiger partial charge < -0.3 is 0 Å². The molecule has 2 heteroatoms. The van der Waals surface area contributed by atoms with Crippen LogP contribution in [0.3, 0.4) is 0 Å². The summed E-state index contributed by atoms with van der Waals surface area (Å²) in [5, 5.41) is 1.09. The molecule has 0 fully saturated rings. The van der Waals surface area contributed by atoms with E-state index in [1.165, 1.54) is 0 Å². The summed E-state index contributed by atoms with van der Waals surface area (Å²) < 4.78 is 0.823. The second kappa shape index (κ2) is 2.99. The van der Waals surface area contributed by atoms with Gasteiger partial charge in [-0.3, -0.25) is 4.98 Å². The van der Waals surface area contributed by atoms with Gasteiger partial charge in [0.15, 0.2) is 0 Å². The van der Waals surface area contributed by atoms with Crippen molar-refractivity contribution < 1.29 is 0 Å². The molecule has 0 atom stereocenters. The predicted octanol–water partition coefficient (Wildman–Crippen LogP) is 2.96. The van der Waals surface area contributed by atoms with Gasteiger partial charge in [0.25, 0.3) is 0 Å². The third-order valence-corrected chi connectivity index (χ3v) is 1.94. The summed E-state index contributed by atoms with van der Waals surface area (Å²) in [5.74, 6) is 0. The van der Waals surface area contributed by atoms with E-state index in [4.69, 9.17) is 12.2 Å². The quantitative estimate of drug-likeness (QED) is 0.568. The van der Waals surface area contributed by atoms with Gasteiger partial charge in [-0.2, -0.15) is 0 Å². The Labute approximate surface area is 75.7 Å². The topological polar surface area (TPSA) is 12.9 Å². The molecule has 58 valence electrons. The SMILES string of the molecule is S=c1ccnc2ccccc2c1. The Bertz CT molecular complexity index is 465. The number of aromatic nitrogens is 1. The van der Waals surface area contributed by atoms with Crippen LogP contribution < -0.4 is 0 Å². The van der Waals surface area contributed by atoms with E-state index in [9.17, 15) is 0 Å². The lowest BCUT2D eigenvalue weighted by molar-refractivity contribution is 1.44. The molecule has 0 unspecified atom stereocenters. The first kappa shape index (κ1) is 7.37. The summed E-state index contributed by atoms with van der Waals surface area (Å²) in [5.41, 5.74) is 0.980. The molecule has 1 heterocycles. The van der Waals surface area contributed by atoms with Gasteiger partial charge in [0.05, 0.1) is 5.52 Å². The molecule has 0 amide bonds. The Morgan fingerprint density at radius 3 is 2.83 bits per heavy atom. The minimum atomic E-state index is 0.823. The third-order valence-electron chi connectivity index (χ3n) is 1.69. The molecule has 0 N–H and O–H groups in total. The largest absolute Gasteiger partial charge is 0.256 e. The van der Waals surface area contributed by atoms with E-state index >= 15 is 0 Å². The third kappa shape index (κ3) is 1.34. The zero-order valence-corrected chi connectivity index (χ0v) is 7.21. The van der Waals surface area contributed by atoms with Gasteiger partial charge in [0.1, 0.15) is 0 Å². The molecule has 1 aromatic carbocycles. The number of hydrogen-bond acceptors (Lipinski definition) is 2. The lowest BCUT2D eigenvalue weighted by atomic mass is 10.2. The maximum Gasteiger partial charge on any atom is 0.0702 e. The first-order valence-corrected chi connectivity index (χ1v) is 4.12. The average Bonchev–Trinajstić information content (AvgIpc) is 2.25. The summed E-state index contributed by atoms with van der Waals surface area (Å²) in [7, 11) is 0. The van der Waals surface area contributed by atoms with Crippen molar-refractivity contribution in [3.63, 3.8) is 0 Å². The molecule has 0 spiro atoms. The number of para-hydroxylation sites is 1. The van der Waals surface area contributed by atoms with Crippen LogP contribution >= 0.6 is 12.2 Å². The zero-order valence-electron chi connectivity index (χ0n) is 6.40. The van der Waals surface area contributed by atoms with Crippen LogP contribution in [0.5, 0.6) is 0 Å². The van der Waals surface area contributed by atoms with Crippen molar-refractivity contribution in [2.24, 2.45) is 0 Å². The number of benzene rings is 1. The van der Waals surface area contributed by atoms with Crippen molar-refractivity contribution in [2.45, 2.75) is 0 Å². The second-order valence-corrected chi connectivity index (χ2v) is 3.02. The van der Waals surface area contributed by atoms with Gasteiger partial charge >= 0.3 is 0 Å². The molecule has 0 radical (unpaired) electrons. The van der Waals surface area contributed by atoms with E-state index in [2.05, 4.69) is 4.98 Å². The number of rotatable bonds is 0. The van der Waals surface area contributed by atoms with Crippen LogP contribution in [0.4, 0.5) is 0 Å². The molecule has 1 aromatic heterocycles. The fraction of sp³-hybridized carbons (Fsp3) is 0. The van der Waals surface area contributed by atoms with E-state index in [0.29, 0.717) is 0 Å². The highest BCUT2D eigenvalue weighted by molar-refractivity contribution is 7.71. The van der Waals surface area contributed by atoms with Gasteiger partial charge in [0, 0.05) is 16.1 Å². The van der Waals surface area contributed by atoms with Crippen molar-refractivity contribution in [1.29, 1.82) is 0 Å². The van der Waals surface area contributed by atoms with E-state index < -0.39 is 0 Å². The lowest BCUT2D eigenvalue weighted by Crippen LogP contribution is -1.67. The maximum atomic E-state index is 5.07. The van der Waals surface area contributed by atoms with E-state index in [-0.39, 0.29) is 0 Å². The minimum absolute atomic E-state index is 0.823. The van der Waals surface area contributed by atoms with Crippen LogP contribution in [-0.4, -0.2) is 4.98 Å². The molecule has 0 aliphatic rings. The Morgan fingerprint density at radius 1 is 1.08 bits per heavy atom. The molecule has 0 aliphatic heterocycles. The first-order chi connectivity index (χ1) is 5.86. The van der Waals surface area contributed by atoms with Gasteiger partial charge in [-0.05, 0) is 18.2 Å². The number of hydrogen-bond donors (Lipinski definition) is 0. The molecular formula is C10H7NS. The summed E-state index contributed by atoms with van der Waals surface area (Å²) in [6, 6.07) is 11.7. The lowest BCUT2D eigenvalue weighted by Gasteiger charge is -1.86. The van der Waals surface area contributed by atoms with Crippen molar-refractivity contribution in [3.8, 4) is 0 Å². The number of fused-ring (bicyclic) bond motifs is 1. The highest BCUT2D eigenvalue weighted by atomic mass is 32.1. The summed E-state index contributed by atoms with van der Waals surface area (Å²) in [6.07, 6.45) is 1.74.